The number of nitrogens with one attached hydrogen (secondary N) is 1. The van der Waals surface area contributed by atoms with Gasteiger partial charge in [-0.25, -0.2) is 0 Å². The Balaban J connectivity index is 1.86. The molecule has 0 heterocycles. The molecule has 2 aromatic rings. The van der Waals surface area contributed by atoms with Crippen molar-refractivity contribution in [3.8, 4) is 0 Å². The molecule has 2 rings (SSSR count). The van der Waals surface area contributed by atoms with Gasteiger partial charge in [-0.2, -0.15) is 0 Å². The average Bonchev–Trinajstić information content (AvgIpc) is 2.55. The highest BCUT2D eigenvalue weighted by Crippen LogP contribution is 2.18. The van der Waals surface area contributed by atoms with Gasteiger partial charge in [-0.15, -0.1) is 0 Å². The number of rotatable bonds is 6. The number of carbonyl (C=O) groups excluding carboxylic acids is 2. The van der Waals surface area contributed by atoms with Gasteiger partial charge >= 0.3 is 5.97 Å². The van der Waals surface area contributed by atoms with Crippen LogP contribution in [0.3, 0.4) is 0 Å². The predicted octanol–water partition coefficient (Wildman–Crippen LogP) is 3.08. The van der Waals surface area contributed by atoms with Crippen molar-refractivity contribution in [2.75, 3.05) is 11.9 Å². The highest BCUT2D eigenvalue weighted by molar-refractivity contribution is 9.10. The van der Waals surface area contributed by atoms with Crippen molar-refractivity contribution in [2.24, 2.45) is 0 Å². The van der Waals surface area contributed by atoms with E-state index in [0.29, 0.717) is 5.69 Å². The predicted molar refractivity (Wildman–Crippen MR) is 90.5 cm³/mol. The van der Waals surface area contributed by atoms with Crippen LogP contribution in [-0.4, -0.2) is 23.4 Å². The molecule has 7 nitrogen and oxygen atoms in total. The molecule has 1 N–H and O–H groups in total. The van der Waals surface area contributed by atoms with Crippen LogP contribution in [0.25, 0.3) is 0 Å². The molecule has 0 atom stereocenters. The van der Waals surface area contributed by atoms with Crippen molar-refractivity contribution in [1.29, 1.82) is 0 Å². The van der Waals surface area contributed by atoms with Gasteiger partial charge in [-0.1, -0.05) is 34.1 Å². The van der Waals surface area contributed by atoms with Crippen molar-refractivity contribution in [3.05, 3.63) is 68.7 Å². The van der Waals surface area contributed by atoms with Crippen molar-refractivity contribution < 1.29 is 19.2 Å². The Morgan fingerprint density at radius 1 is 1.12 bits per heavy atom. The number of esters is 1. The Morgan fingerprint density at radius 2 is 1.79 bits per heavy atom. The van der Waals surface area contributed by atoms with Gasteiger partial charge in [0.05, 0.1) is 11.3 Å². The maximum Gasteiger partial charge on any atom is 0.311 e. The third-order valence-electron chi connectivity index (χ3n) is 3.02. The molecule has 0 bridgehead atoms. The van der Waals surface area contributed by atoms with Gasteiger partial charge in [0.15, 0.2) is 6.61 Å². The number of anilines is 1. The Bertz CT molecular complexity index is 761. The third kappa shape index (κ3) is 5.17. The highest BCUT2D eigenvalue weighted by Gasteiger charge is 2.17. The Morgan fingerprint density at radius 3 is 2.46 bits per heavy atom. The first-order valence-electron chi connectivity index (χ1n) is 6.89. The zero-order valence-electron chi connectivity index (χ0n) is 12.4. The summed E-state index contributed by atoms with van der Waals surface area (Å²) in [6.45, 7) is -0.463. The fourth-order valence-corrected chi connectivity index (χ4v) is 2.19. The second-order valence-corrected chi connectivity index (χ2v) is 5.69. The molecule has 24 heavy (non-hydrogen) atoms. The monoisotopic (exact) mass is 392 g/mol. The van der Waals surface area contributed by atoms with Crippen molar-refractivity contribution in [1.82, 2.24) is 0 Å². The number of carbonyl (C=O) groups is 2. The van der Waals surface area contributed by atoms with E-state index in [1.165, 1.54) is 18.2 Å². The van der Waals surface area contributed by atoms with E-state index in [1.54, 1.807) is 30.3 Å². The molecule has 0 saturated heterocycles. The SMILES string of the molecule is O=C(COC(=O)Cc1ccccc1[N+](=O)[O-])Nc1ccc(Br)cc1. The van der Waals surface area contributed by atoms with Gasteiger partial charge in [0.2, 0.25) is 0 Å². The number of halogens is 1. The van der Waals surface area contributed by atoms with Gasteiger partial charge in [0.25, 0.3) is 11.6 Å². The van der Waals surface area contributed by atoms with Crippen LogP contribution in [0.15, 0.2) is 53.0 Å². The maximum atomic E-state index is 11.8. The second-order valence-electron chi connectivity index (χ2n) is 4.78. The number of hydrogen-bond donors (Lipinski definition) is 1. The summed E-state index contributed by atoms with van der Waals surface area (Å²) in [5.41, 5.74) is 0.646. The van der Waals surface area contributed by atoms with E-state index in [-0.39, 0.29) is 17.7 Å². The van der Waals surface area contributed by atoms with Crippen LogP contribution in [0.5, 0.6) is 0 Å². The lowest BCUT2D eigenvalue weighted by molar-refractivity contribution is -0.385. The molecule has 0 aliphatic heterocycles. The summed E-state index contributed by atoms with van der Waals surface area (Å²) in [4.78, 5) is 33.8. The maximum absolute atomic E-state index is 11.8. The molecule has 0 aliphatic rings. The minimum Gasteiger partial charge on any atom is -0.455 e. The lowest BCUT2D eigenvalue weighted by Gasteiger charge is -2.07. The van der Waals surface area contributed by atoms with E-state index in [0.717, 1.165) is 4.47 Å². The normalized spacial score (nSPS) is 10.0. The minimum absolute atomic E-state index is 0.159. The first-order chi connectivity index (χ1) is 11.5. The molecule has 0 fully saturated rings. The number of nitrogens with zero attached hydrogens (tertiary/aromatic N) is 1. The topological polar surface area (TPSA) is 98.5 Å². The van der Waals surface area contributed by atoms with Crippen LogP contribution >= 0.6 is 15.9 Å². The Labute approximate surface area is 145 Å². The molecule has 8 heteroatoms. The molecule has 2 aromatic carbocycles. The number of nitro benzene ring substituents is 1. The van der Waals surface area contributed by atoms with Crippen LogP contribution in [-0.2, 0) is 20.7 Å². The fourth-order valence-electron chi connectivity index (χ4n) is 1.92. The summed E-state index contributed by atoms with van der Waals surface area (Å²) in [6, 6.07) is 12.8. The molecule has 0 spiro atoms. The lowest BCUT2D eigenvalue weighted by atomic mass is 10.1. The van der Waals surface area contributed by atoms with E-state index in [9.17, 15) is 19.7 Å². The van der Waals surface area contributed by atoms with E-state index >= 15 is 0 Å². The summed E-state index contributed by atoms with van der Waals surface area (Å²) in [5.74, 6) is -1.21. The minimum atomic E-state index is -0.713. The number of hydrogen-bond acceptors (Lipinski definition) is 5. The van der Waals surface area contributed by atoms with Crippen molar-refractivity contribution in [3.63, 3.8) is 0 Å². The quantitative estimate of drug-likeness (QED) is 0.462. The molecule has 0 aliphatic carbocycles. The van der Waals surface area contributed by atoms with E-state index in [4.69, 9.17) is 4.74 Å². The van der Waals surface area contributed by atoms with E-state index < -0.39 is 23.4 Å². The first kappa shape index (κ1) is 17.6. The van der Waals surface area contributed by atoms with Gasteiger partial charge in [0.1, 0.15) is 0 Å². The smallest absolute Gasteiger partial charge is 0.311 e. The molecule has 124 valence electrons. The molecular formula is C16H13BrN2O5. The number of para-hydroxylation sites is 1. The zero-order valence-corrected chi connectivity index (χ0v) is 14.0. The number of benzene rings is 2. The average molecular weight is 393 g/mol. The summed E-state index contributed by atoms with van der Waals surface area (Å²) in [7, 11) is 0. The summed E-state index contributed by atoms with van der Waals surface area (Å²) in [5, 5.41) is 13.5. The Kier molecular flexibility index (Phi) is 6.02. The first-order valence-corrected chi connectivity index (χ1v) is 7.68. The third-order valence-corrected chi connectivity index (χ3v) is 3.54. The lowest BCUT2D eigenvalue weighted by Crippen LogP contribution is -2.21. The standard InChI is InChI=1S/C16H13BrN2O5/c17-12-5-7-13(8-6-12)18-15(20)10-24-16(21)9-11-3-1-2-4-14(11)19(22)23/h1-8H,9-10H2,(H,18,20). The second kappa shape index (κ2) is 8.21. The summed E-state index contributed by atoms with van der Waals surface area (Å²) >= 11 is 3.28. The van der Waals surface area contributed by atoms with E-state index in [1.807, 2.05) is 0 Å². The van der Waals surface area contributed by atoms with Crippen LogP contribution in [0.4, 0.5) is 11.4 Å². The summed E-state index contributed by atoms with van der Waals surface area (Å²) < 4.78 is 5.73. The fraction of sp³-hybridized carbons (Fsp3) is 0.125. The van der Waals surface area contributed by atoms with Crippen LogP contribution in [0.2, 0.25) is 0 Å². The molecule has 0 radical (unpaired) electrons. The van der Waals surface area contributed by atoms with Gasteiger partial charge < -0.3 is 10.1 Å². The highest BCUT2D eigenvalue weighted by atomic mass is 79.9. The van der Waals surface area contributed by atoms with Crippen LogP contribution in [0, 0.1) is 10.1 Å². The van der Waals surface area contributed by atoms with Crippen LogP contribution in [0.1, 0.15) is 5.56 Å². The molecule has 0 unspecified atom stereocenters. The van der Waals surface area contributed by atoms with Gasteiger partial charge in [-0.05, 0) is 24.3 Å². The van der Waals surface area contributed by atoms with Crippen molar-refractivity contribution in [2.45, 2.75) is 6.42 Å². The number of nitro groups is 1. The molecule has 0 saturated carbocycles. The largest absolute Gasteiger partial charge is 0.455 e. The molecular weight excluding hydrogens is 380 g/mol. The number of ether oxygens (including phenoxy) is 1. The van der Waals surface area contributed by atoms with Gasteiger partial charge in [-0.3, -0.25) is 19.7 Å². The van der Waals surface area contributed by atoms with Crippen molar-refractivity contribution >= 4 is 39.2 Å². The summed E-state index contributed by atoms with van der Waals surface area (Å²) in [6.07, 6.45) is -0.275. The van der Waals surface area contributed by atoms with Gasteiger partial charge in [0, 0.05) is 21.8 Å². The molecule has 1 amide bonds. The number of amides is 1. The zero-order chi connectivity index (χ0) is 17.5. The Hall–Kier alpha value is -2.74. The van der Waals surface area contributed by atoms with E-state index in [2.05, 4.69) is 21.2 Å². The van der Waals surface area contributed by atoms with Crippen LogP contribution < -0.4 is 5.32 Å². The molecule has 0 aromatic heterocycles.